The Balaban J connectivity index is 2.89. The first kappa shape index (κ1) is 11.8. The van der Waals surface area contributed by atoms with Gasteiger partial charge in [-0.1, -0.05) is 18.8 Å². The molecule has 0 aliphatic carbocycles. The zero-order valence-electron chi connectivity index (χ0n) is 9.96. The van der Waals surface area contributed by atoms with Gasteiger partial charge in [-0.05, 0) is 27.2 Å². The second-order valence-electron chi connectivity index (χ2n) is 4.36. The lowest BCUT2D eigenvalue weighted by molar-refractivity contribution is 0.598. The molecule has 0 bridgehead atoms. The molecule has 3 heteroatoms. The van der Waals surface area contributed by atoms with E-state index in [0.717, 1.165) is 24.2 Å². The molecule has 2 N–H and O–H groups in total. The molecule has 15 heavy (non-hydrogen) atoms. The Hall–Kier alpha value is -1.27. The molecule has 82 valence electrons. The van der Waals surface area contributed by atoms with Crippen LogP contribution in [0.2, 0.25) is 0 Å². The summed E-state index contributed by atoms with van der Waals surface area (Å²) in [4.78, 5) is 0. The molecule has 1 aromatic rings. The molecule has 0 radical (unpaired) electrons. The molecule has 1 rings (SSSR count). The molecular formula is C12H19N3. The van der Waals surface area contributed by atoms with Crippen LogP contribution < -0.4 is 5.73 Å². The Bertz CT molecular complexity index is 385. The maximum Gasteiger partial charge on any atom is 0.0750 e. The summed E-state index contributed by atoms with van der Waals surface area (Å²) >= 11 is 0. The number of nitrogens with zero attached hydrogens (tertiary/aromatic N) is 2. The fourth-order valence-electron chi connectivity index (χ4n) is 1.21. The Morgan fingerprint density at radius 2 is 2.20 bits per heavy atom. The number of nitrogens with two attached hydrogens (primary N) is 1. The molecule has 0 atom stereocenters. The van der Waals surface area contributed by atoms with Crippen molar-refractivity contribution in [1.82, 2.24) is 9.78 Å². The summed E-state index contributed by atoms with van der Waals surface area (Å²) in [7, 11) is 0. The van der Waals surface area contributed by atoms with Crippen LogP contribution in [0.1, 0.15) is 38.4 Å². The number of aryl methyl sites for hydroxylation is 2. The van der Waals surface area contributed by atoms with Crippen molar-refractivity contribution in [3.63, 3.8) is 0 Å². The molecule has 1 heterocycles. The van der Waals surface area contributed by atoms with E-state index in [1.807, 2.05) is 31.6 Å². The van der Waals surface area contributed by atoms with Crippen molar-refractivity contribution in [1.29, 1.82) is 0 Å². The largest absolute Gasteiger partial charge is 0.316 e. The Morgan fingerprint density at radius 1 is 1.53 bits per heavy atom. The van der Waals surface area contributed by atoms with Crippen molar-refractivity contribution < 1.29 is 0 Å². The van der Waals surface area contributed by atoms with Gasteiger partial charge in [-0.25, -0.2) is 0 Å². The molecular weight excluding hydrogens is 186 g/mol. The fourth-order valence-corrected chi connectivity index (χ4v) is 1.21. The van der Waals surface area contributed by atoms with Crippen LogP contribution in [0.25, 0.3) is 0 Å². The van der Waals surface area contributed by atoms with E-state index in [9.17, 15) is 0 Å². The number of hydrogen-bond donors (Lipinski definition) is 1. The Labute approximate surface area is 91.7 Å². The Kier molecular flexibility index (Phi) is 3.54. The zero-order chi connectivity index (χ0) is 11.5. The van der Waals surface area contributed by atoms with Crippen molar-refractivity contribution in [2.24, 2.45) is 5.73 Å². The van der Waals surface area contributed by atoms with E-state index in [1.165, 1.54) is 0 Å². The summed E-state index contributed by atoms with van der Waals surface area (Å²) in [5.74, 6) is 6.08. The van der Waals surface area contributed by atoms with Gasteiger partial charge in [0, 0.05) is 12.7 Å². The molecule has 0 aromatic carbocycles. The van der Waals surface area contributed by atoms with Gasteiger partial charge in [-0.3, -0.25) is 4.68 Å². The van der Waals surface area contributed by atoms with Crippen LogP contribution in [0.4, 0.5) is 0 Å². The topological polar surface area (TPSA) is 43.8 Å². The minimum Gasteiger partial charge on any atom is -0.316 e. The minimum atomic E-state index is -0.445. The molecule has 0 unspecified atom stereocenters. The number of rotatable bonds is 2. The molecule has 0 spiro atoms. The van der Waals surface area contributed by atoms with Crippen LogP contribution in [0.5, 0.6) is 0 Å². The van der Waals surface area contributed by atoms with Crippen LogP contribution in [0.15, 0.2) is 6.20 Å². The molecule has 0 aliphatic heterocycles. The summed E-state index contributed by atoms with van der Waals surface area (Å²) < 4.78 is 1.93. The predicted molar refractivity (Wildman–Crippen MR) is 62.4 cm³/mol. The van der Waals surface area contributed by atoms with Crippen LogP contribution in [0, 0.1) is 18.8 Å². The second kappa shape index (κ2) is 4.50. The first-order valence-electron chi connectivity index (χ1n) is 5.28. The van der Waals surface area contributed by atoms with E-state index in [1.54, 1.807) is 0 Å². The SMILES string of the molecule is CCCn1cc(C#CC(C)(C)N)c(C)n1. The highest BCUT2D eigenvalue weighted by atomic mass is 15.3. The van der Waals surface area contributed by atoms with E-state index >= 15 is 0 Å². The maximum absolute atomic E-state index is 5.80. The lowest BCUT2D eigenvalue weighted by Crippen LogP contribution is -2.29. The van der Waals surface area contributed by atoms with Gasteiger partial charge in [-0.2, -0.15) is 5.10 Å². The van der Waals surface area contributed by atoms with Gasteiger partial charge in [0.05, 0.1) is 16.8 Å². The van der Waals surface area contributed by atoms with Gasteiger partial charge >= 0.3 is 0 Å². The quantitative estimate of drug-likeness (QED) is 0.747. The normalized spacial score (nSPS) is 11.0. The summed E-state index contributed by atoms with van der Waals surface area (Å²) in [5, 5.41) is 4.37. The monoisotopic (exact) mass is 205 g/mol. The number of aromatic nitrogens is 2. The number of hydrogen-bond acceptors (Lipinski definition) is 2. The van der Waals surface area contributed by atoms with Gasteiger partial charge in [0.2, 0.25) is 0 Å². The van der Waals surface area contributed by atoms with Crippen molar-refractivity contribution in [2.45, 2.75) is 46.2 Å². The zero-order valence-corrected chi connectivity index (χ0v) is 9.96. The van der Waals surface area contributed by atoms with Gasteiger partial charge in [0.25, 0.3) is 0 Å². The van der Waals surface area contributed by atoms with E-state index < -0.39 is 5.54 Å². The van der Waals surface area contributed by atoms with Crippen LogP contribution >= 0.6 is 0 Å². The average molecular weight is 205 g/mol. The van der Waals surface area contributed by atoms with Gasteiger partial charge in [-0.15, -0.1) is 0 Å². The molecule has 1 aromatic heterocycles. The molecule has 0 saturated heterocycles. The first-order chi connectivity index (χ1) is 6.92. The molecule has 0 saturated carbocycles. The van der Waals surface area contributed by atoms with Crippen molar-refractivity contribution in [3.05, 3.63) is 17.5 Å². The van der Waals surface area contributed by atoms with Crippen molar-refractivity contribution >= 4 is 0 Å². The summed E-state index contributed by atoms with van der Waals surface area (Å²) in [6.45, 7) is 8.83. The second-order valence-corrected chi connectivity index (χ2v) is 4.36. The van der Waals surface area contributed by atoms with Gasteiger partial charge in [0.1, 0.15) is 0 Å². The minimum absolute atomic E-state index is 0.445. The van der Waals surface area contributed by atoms with Crippen LogP contribution in [-0.2, 0) is 6.54 Å². The van der Waals surface area contributed by atoms with Crippen LogP contribution in [0.3, 0.4) is 0 Å². The fraction of sp³-hybridized carbons (Fsp3) is 0.583. The van der Waals surface area contributed by atoms with Gasteiger partial charge in [0.15, 0.2) is 0 Å². The third-order valence-corrected chi connectivity index (χ3v) is 1.92. The standard InChI is InChI=1S/C12H19N3/c1-5-8-15-9-11(10(2)14-15)6-7-12(3,4)13/h9H,5,8,13H2,1-4H3. The van der Waals surface area contributed by atoms with E-state index in [2.05, 4.69) is 23.9 Å². The maximum atomic E-state index is 5.80. The average Bonchev–Trinajstić information content (AvgIpc) is 2.42. The highest BCUT2D eigenvalue weighted by molar-refractivity contribution is 5.37. The van der Waals surface area contributed by atoms with E-state index in [4.69, 9.17) is 5.73 Å². The molecule has 0 amide bonds. The van der Waals surface area contributed by atoms with Crippen molar-refractivity contribution in [2.75, 3.05) is 0 Å². The lowest BCUT2D eigenvalue weighted by Gasteiger charge is -2.06. The smallest absolute Gasteiger partial charge is 0.0750 e. The summed E-state index contributed by atoms with van der Waals surface area (Å²) in [6.07, 6.45) is 3.06. The summed E-state index contributed by atoms with van der Waals surface area (Å²) in [5.41, 5.74) is 7.30. The molecule has 0 fully saturated rings. The van der Waals surface area contributed by atoms with Gasteiger partial charge < -0.3 is 5.73 Å². The first-order valence-corrected chi connectivity index (χ1v) is 5.28. The van der Waals surface area contributed by atoms with Crippen LogP contribution in [-0.4, -0.2) is 15.3 Å². The highest BCUT2D eigenvalue weighted by Gasteiger charge is 2.05. The highest BCUT2D eigenvalue weighted by Crippen LogP contribution is 2.05. The molecule has 3 nitrogen and oxygen atoms in total. The third kappa shape index (κ3) is 3.77. The Morgan fingerprint density at radius 3 is 2.73 bits per heavy atom. The molecule has 0 aliphatic rings. The third-order valence-electron chi connectivity index (χ3n) is 1.92. The van der Waals surface area contributed by atoms with E-state index in [-0.39, 0.29) is 0 Å². The predicted octanol–water partition coefficient (Wildman–Crippen LogP) is 1.69. The lowest BCUT2D eigenvalue weighted by atomic mass is 10.1. The summed E-state index contributed by atoms with van der Waals surface area (Å²) in [6, 6.07) is 0. The van der Waals surface area contributed by atoms with E-state index in [0.29, 0.717) is 0 Å². The van der Waals surface area contributed by atoms with Crippen molar-refractivity contribution in [3.8, 4) is 11.8 Å².